The Bertz CT molecular complexity index is 443. The Balaban J connectivity index is 0.000000659. The molecule has 0 saturated heterocycles. The van der Waals surface area contributed by atoms with Crippen molar-refractivity contribution in [1.82, 2.24) is 4.98 Å². The van der Waals surface area contributed by atoms with Crippen molar-refractivity contribution in [3.05, 3.63) is 48.2 Å². The van der Waals surface area contributed by atoms with Crippen LogP contribution in [0.1, 0.15) is 45.1 Å². The van der Waals surface area contributed by atoms with Crippen LogP contribution >= 0.6 is 0 Å². The lowest BCUT2D eigenvalue weighted by Crippen LogP contribution is -1.90. The Kier molecular flexibility index (Phi) is 8.29. The average molecular weight is 245 g/mol. The number of carbonyl (C=O) groups is 1. The first-order valence-corrected chi connectivity index (χ1v) is 6.53. The second kappa shape index (κ2) is 9.23. The van der Waals surface area contributed by atoms with Crippen molar-refractivity contribution >= 4 is 5.78 Å². The third kappa shape index (κ3) is 4.58. The Labute approximate surface area is 110 Å². The number of carbonyl (C=O) groups excluding carboxylic acids is 1. The van der Waals surface area contributed by atoms with E-state index in [0.717, 1.165) is 11.3 Å². The summed E-state index contributed by atoms with van der Waals surface area (Å²) in [6, 6.07) is 13.7. The molecular weight excluding hydrogens is 222 g/mol. The first kappa shape index (κ1) is 16.2. The topological polar surface area (TPSA) is 32.9 Å². The van der Waals surface area contributed by atoms with E-state index in [4.69, 9.17) is 0 Å². The predicted octanol–water partition coefficient (Wildman–Crippen LogP) is 4.94. The number of Topliss-reactive ketones (excluding diaryl/α,β-unsaturated/α-hetero) is 1. The SMILES string of the molecule is CC.CC.CC(=O)c1ccc(-c2ccccc2)[nH]1. The van der Waals surface area contributed by atoms with E-state index in [9.17, 15) is 4.79 Å². The highest BCUT2D eigenvalue weighted by atomic mass is 16.1. The molecule has 0 amide bonds. The molecule has 0 aliphatic rings. The zero-order valence-corrected chi connectivity index (χ0v) is 11.9. The van der Waals surface area contributed by atoms with Crippen molar-refractivity contribution in [1.29, 1.82) is 0 Å². The maximum Gasteiger partial charge on any atom is 0.175 e. The molecule has 2 rings (SSSR count). The van der Waals surface area contributed by atoms with Gasteiger partial charge in [-0.1, -0.05) is 58.0 Å². The summed E-state index contributed by atoms with van der Waals surface area (Å²) < 4.78 is 0. The number of benzene rings is 1. The van der Waals surface area contributed by atoms with Gasteiger partial charge in [0.1, 0.15) is 0 Å². The van der Waals surface area contributed by atoms with E-state index in [1.807, 2.05) is 70.2 Å². The fourth-order valence-electron chi connectivity index (χ4n) is 1.39. The van der Waals surface area contributed by atoms with Crippen LogP contribution in [0.15, 0.2) is 42.5 Å². The maximum atomic E-state index is 11.1. The lowest BCUT2D eigenvalue weighted by Gasteiger charge is -1.96. The van der Waals surface area contributed by atoms with Crippen LogP contribution in [0.3, 0.4) is 0 Å². The summed E-state index contributed by atoms with van der Waals surface area (Å²) >= 11 is 0. The number of hydrogen-bond acceptors (Lipinski definition) is 1. The number of aromatic nitrogens is 1. The molecule has 0 saturated carbocycles. The van der Waals surface area contributed by atoms with Crippen LogP contribution in [0.5, 0.6) is 0 Å². The Morgan fingerprint density at radius 1 is 0.889 bits per heavy atom. The van der Waals surface area contributed by atoms with Crippen molar-refractivity contribution in [2.24, 2.45) is 0 Å². The number of aromatic amines is 1. The molecule has 1 N–H and O–H groups in total. The molecule has 98 valence electrons. The van der Waals surface area contributed by atoms with E-state index in [-0.39, 0.29) is 5.78 Å². The van der Waals surface area contributed by atoms with Crippen molar-refractivity contribution in [2.45, 2.75) is 34.6 Å². The zero-order chi connectivity index (χ0) is 14.0. The van der Waals surface area contributed by atoms with Gasteiger partial charge in [-0.05, 0) is 17.7 Å². The lowest BCUT2D eigenvalue weighted by molar-refractivity contribution is 0.101. The van der Waals surface area contributed by atoms with E-state index in [2.05, 4.69) is 4.98 Å². The second-order valence-corrected chi connectivity index (χ2v) is 3.21. The van der Waals surface area contributed by atoms with Crippen LogP contribution in [0.25, 0.3) is 11.3 Å². The van der Waals surface area contributed by atoms with Crippen molar-refractivity contribution in [3.63, 3.8) is 0 Å². The third-order valence-corrected chi connectivity index (χ3v) is 2.15. The van der Waals surface area contributed by atoms with Crippen LogP contribution in [0.4, 0.5) is 0 Å². The molecule has 2 heteroatoms. The van der Waals surface area contributed by atoms with Gasteiger partial charge in [0.25, 0.3) is 0 Å². The van der Waals surface area contributed by atoms with Crippen molar-refractivity contribution < 1.29 is 4.79 Å². The Hall–Kier alpha value is -1.83. The molecule has 18 heavy (non-hydrogen) atoms. The maximum absolute atomic E-state index is 11.1. The van der Waals surface area contributed by atoms with Crippen molar-refractivity contribution in [2.75, 3.05) is 0 Å². The number of hydrogen-bond donors (Lipinski definition) is 1. The van der Waals surface area contributed by atoms with Gasteiger partial charge in [0.2, 0.25) is 0 Å². The smallest absolute Gasteiger partial charge is 0.175 e. The fraction of sp³-hybridized carbons (Fsp3) is 0.312. The largest absolute Gasteiger partial charge is 0.352 e. The first-order valence-electron chi connectivity index (χ1n) is 6.53. The minimum Gasteiger partial charge on any atom is -0.352 e. The minimum atomic E-state index is 0.0622. The van der Waals surface area contributed by atoms with E-state index in [1.165, 1.54) is 0 Å². The molecule has 0 aliphatic carbocycles. The van der Waals surface area contributed by atoms with E-state index >= 15 is 0 Å². The van der Waals surface area contributed by atoms with Gasteiger partial charge in [-0.3, -0.25) is 4.79 Å². The first-order chi connectivity index (χ1) is 8.77. The van der Waals surface area contributed by atoms with Crippen molar-refractivity contribution in [3.8, 4) is 11.3 Å². The normalized spacial score (nSPS) is 8.50. The molecule has 0 unspecified atom stereocenters. The van der Waals surface area contributed by atoms with Gasteiger partial charge < -0.3 is 4.98 Å². The average Bonchev–Trinajstić information content (AvgIpc) is 2.94. The summed E-state index contributed by atoms with van der Waals surface area (Å²) in [6.45, 7) is 9.56. The third-order valence-electron chi connectivity index (χ3n) is 2.15. The number of H-pyrrole nitrogens is 1. The summed E-state index contributed by atoms with van der Waals surface area (Å²) in [7, 11) is 0. The van der Waals surface area contributed by atoms with Gasteiger partial charge in [0.05, 0.1) is 5.69 Å². The number of rotatable bonds is 2. The molecule has 0 fully saturated rings. The van der Waals surface area contributed by atoms with Gasteiger partial charge in [0.15, 0.2) is 5.78 Å². The quantitative estimate of drug-likeness (QED) is 0.747. The highest BCUT2D eigenvalue weighted by Gasteiger charge is 2.03. The van der Waals surface area contributed by atoms with Crippen LogP contribution in [-0.4, -0.2) is 10.8 Å². The molecule has 2 nitrogen and oxygen atoms in total. The predicted molar refractivity (Wildman–Crippen MR) is 78.9 cm³/mol. The molecule has 1 heterocycles. The van der Waals surface area contributed by atoms with Gasteiger partial charge in [0, 0.05) is 12.6 Å². The number of ketones is 1. The van der Waals surface area contributed by atoms with Gasteiger partial charge in [-0.2, -0.15) is 0 Å². The van der Waals surface area contributed by atoms with E-state index in [0.29, 0.717) is 5.69 Å². The summed E-state index contributed by atoms with van der Waals surface area (Å²) in [5, 5.41) is 0. The highest BCUT2D eigenvalue weighted by molar-refractivity contribution is 5.93. The molecule has 0 radical (unpaired) electrons. The minimum absolute atomic E-state index is 0.0622. The summed E-state index contributed by atoms with van der Waals surface area (Å²) in [6.07, 6.45) is 0. The molecular formula is C16H23NO. The van der Waals surface area contributed by atoms with Gasteiger partial charge in [-0.25, -0.2) is 0 Å². The monoisotopic (exact) mass is 245 g/mol. The molecule has 0 bridgehead atoms. The molecule has 2 aromatic rings. The highest BCUT2D eigenvalue weighted by Crippen LogP contribution is 2.17. The molecule has 0 aliphatic heterocycles. The van der Waals surface area contributed by atoms with E-state index < -0.39 is 0 Å². The molecule has 1 aromatic carbocycles. The summed E-state index contributed by atoms with van der Waals surface area (Å²) in [4.78, 5) is 14.1. The Morgan fingerprint density at radius 3 is 1.89 bits per heavy atom. The van der Waals surface area contributed by atoms with Crippen LogP contribution in [-0.2, 0) is 0 Å². The number of nitrogens with one attached hydrogen (secondary N) is 1. The van der Waals surface area contributed by atoms with Crippen LogP contribution in [0, 0.1) is 0 Å². The van der Waals surface area contributed by atoms with E-state index in [1.54, 1.807) is 6.92 Å². The summed E-state index contributed by atoms with van der Waals surface area (Å²) in [5.74, 6) is 0.0622. The summed E-state index contributed by atoms with van der Waals surface area (Å²) in [5.41, 5.74) is 2.74. The molecule has 1 aromatic heterocycles. The van der Waals surface area contributed by atoms with Crippen LogP contribution < -0.4 is 0 Å². The molecule has 0 atom stereocenters. The lowest BCUT2D eigenvalue weighted by atomic mass is 10.2. The second-order valence-electron chi connectivity index (χ2n) is 3.21. The van der Waals surface area contributed by atoms with Gasteiger partial charge in [-0.15, -0.1) is 0 Å². The fourth-order valence-corrected chi connectivity index (χ4v) is 1.39. The molecule has 0 spiro atoms. The zero-order valence-electron chi connectivity index (χ0n) is 11.9. The van der Waals surface area contributed by atoms with Gasteiger partial charge >= 0.3 is 0 Å². The standard InChI is InChI=1S/C12H11NO.2C2H6/c1-9(14)11-7-8-12(13-11)10-5-3-2-4-6-10;2*1-2/h2-8,13H,1H3;2*1-2H3. The van der Waals surface area contributed by atoms with Crippen LogP contribution in [0.2, 0.25) is 0 Å². The Morgan fingerprint density at radius 2 is 1.44 bits per heavy atom.